The SMILES string of the molecule is CCNC(=O)CCNCc1cc(Br)cc2c1OCC2. The number of nitrogens with one attached hydrogen (secondary N) is 2. The molecule has 0 aromatic heterocycles. The van der Waals surface area contributed by atoms with E-state index >= 15 is 0 Å². The van der Waals surface area contributed by atoms with E-state index < -0.39 is 0 Å². The number of carbonyl (C=O) groups is 1. The van der Waals surface area contributed by atoms with Crippen molar-refractivity contribution >= 4 is 21.8 Å². The Balaban J connectivity index is 1.85. The van der Waals surface area contributed by atoms with E-state index in [0.717, 1.165) is 35.4 Å². The monoisotopic (exact) mass is 326 g/mol. The zero-order valence-corrected chi connectivity index (χ0v) is 12.7. The van der Waals surface area contributed by atoms with Crippen LogP contribution >= 0.6 is 15.9 Å². The lowest BCUT2D eigenvalue weighted by molar-refractivity contribution is -0.120. The molecule has 2 rings (SSSR count). The Morgan fingerprint density at radius 2 is 2.32 bits per heavy atom. The molecule has 0 atom stereocenters. The van der Waals surface area contributed by atoms with Crippen LogP contribution in [0.5, 0.6) is 5.75 Å². The summed E-state index contributed by atoms with van der Waals surface area (Å²) in [6, 6.07) is 4.18. The maximum atomic E-state index is 11.3. The Kier molecular flexibility index (Phi) is 5.22. The Morgan fingerprint density at radius 1 is 1.47 bits per heavy atom. The average molecular weight is 327 g/mol. The Morgan fingerprint density at radius 3 is 3.11 bits per heavy atom. The predicted octanol–water partition coefficient (Wildman–Crippen LogP) is 2.00. The molecule has 4 nitrogen and oxygen atoms in total. The first kappa shape index (κ1) is 14.3. The van der Waals surface area contributed by atoms with Crippen molar-refractivity contribution in [2.24, 2.45) is 0 Å². The summed E-state index contributed by atoms with van der Waals surface area (Å²) in [7, 11) is 0. The summed E-state index contributed by atoms with van der Waals surface area (Å²) in [6.45, 7) is 4.77. The van der Waals surface area contributed by atoms with Crippen molar-refractivity contribution in [1.82, 2.24) is 10.6 Å². The fourth-order valence-electron chi connectivity index (χ4n) is 2.19. The highest BCUT2D eigenvalue weighted by atomic mass is 79.9. The molecule has 2 N–H and O–H groups in total. The van der Waals surface area contributed by atoms with Crippen LogP contribution in [-0.4, -0.2) is 25.6 Å². The molecule has 0 saturated heterocycles. The molecule has 0 bridgehead atoms. The molecule has 0 aliphatic carbocycles. The third-order valence-electron chi connectivity index (χ3n) is 3.04. The molecule has 0 unspecified atom stereocenters. The summed E-state index contributed by atoms with van der Waals surface area (Å²) in [5, 5.41) is 6.07. The van der Waals surface area contributed by atoms with Gasteiger partial charge < -0.3 is 15.4 Å². The van der Waals surface area contributed by atoms with E-state index in [4.69, 9.17) is 4.74 Å². The zero-order chi connectivity index (χ0) is 13.7. The second-order valence-corrected chi connectivity index (χ2v) is 5.45. The normalized spacial score (nSPS) is 12.9. The van der Waals surface area contributed by atoms with E-state index in [9.17, 15) is 4.79 Å². The number of halogens is 1. The number of hydrogen-bond donors (Lipinski definition) is 2. The zero-order valence-electron chi connectivity index (χ0n) is 11.1. The van der Waals surface area contributed by atoms with Crippen LogP contribution in [0, 0.1) is 0 Å². The van der Waals surface area contributed by atoms with Gasteiger partial charge >= 0.3 is 0 Å². The van der Waals surface area contributed by atoms with E-state index in [1.807, 2.05) is 6.92 Å². The molecule has 0 saturated carbocycles. The summed E-state index contributed by atoms with van der Waals surface area (Å²) in [5.74, 6) is 1.10. The molecule has 1 aromatic carbocycles. The van der Waals surface area contributed by atoms with Crippen molar-refractivity contribution in [3.05, 3.63) is 27.7 Å². The summed E-state index contributed by atoms with van der Waals surface area (Å²) in [4.78, 5) is 11.3. The fourth-order valence-corrected chi connectivity index (χ4v) is 2.74. The second kappa shape index (κ2) is 6.91. The van der Waals surface area contributed by atoms with Crippen molar-refractivity contribution < 1.29 is 9.53 Å². The molecular weight excluding hydrogens is 308 g/mol. The molecule has 104 valence electrons. The summed E-state index contributed by atoms with van der Waals surface area (Å²) in [6.07, 6.45) is 1.48. The van der Waals surface area contributed by atoms with Gasteiger partial charge in [-0.05, 0) is 24.6 Å². The standard InChI is InChI=1S/C14H19BrN2O2/c1-2-17-13(18)3-5-16-9-11-8-12(15)7-10-4-6-19-14(10)11/h7-8,16H,2-6,9H2,1H3,(H,17,18). The van der Waals surface area contributed by atoms with Crippen LogP contribution in [-0.2, 0) is 17.8 Å². The minimum Gasteiger partial charge on any atom is -0.493 e. The lowest BCUT2D eigenvalue weighted by Crippen LogP contribution is -2.27. The van der Waals surface area contributed by atoms with Crippen molar-refractivity contribution in [3.63, 3.8) is 0 Å². The van der Waals surface area contributed by atoms with E-state index in [0.29, 0.717) is 19.5 Å². The fraction of sp³-hybridized carbons (Fsp3) is 0.500. The smallest absolute Gasteiger partial charge is 0.221 e. The van der Waals surface area contributed by atoms with Gasteiger partial charge in [0.15, 0.2) is 0 Å². The third kappa shape index (κ3) is 3.94. The second-order valence-electron chi connectivity index (χ2n) is 4.53. The summed E-state index contributed by atoms with van der Waals surface area (Å²) < 4.78 is 6.74. The van der Waals surface area contributed by atoms with E-state index in [1.165, 1.54) is 5.56 Å². The first-order chi connectivity index (χ1) is 9.20. The largest absolute Gasteiger partial charge is 0.493 e. The maximum absolute atomic E-state index is 11.3. The van der Waals surface area contributed by atoms with Crippen molar-refractivity contribution in [2.75, 3.05) is 19.7 Å². The first-order valence-corrected chi connectivity index (χ1v) is 7.41. The predicted molar refractivity (Wildman–Crippen MR) is 78.3 cm³/mol. The number of benzene rings is 1. The van der Waals surface area contributed by atoms with Gasteiger partial charge in [0.25, 0.3) is 0 Å². The Hall–Kier alpha value is -1.07. The van der Waals surface area contributed by atoms with Gasteiger partial charge in [0.2, 0.25) is 5.91 Å². The lowest BCUT2D eigenvalue weighted by Gasteiger charge is -2.10. The van der Waals surface area contributed by atoms with E-state index in [2.05, 4.69) is 38.7 Å². The number of ether oxygens (including phenoxy) is 1. The molecule has 5 heteroatoms. The quantitative estimate of drug-likeness (QED) is 0.786. The van der Waals surface area contributed by atoms with Gasteiger partial charge in [-0.15, -0.1) is 0 Å². The van der Waals surface area contributed by atoms with Gasteiger partial charge in [-0.3, -0.25) is 4.79 Å². The number of amides is 1. The highest BCUT2D eigenvalue weighted by Crippen LogP contribution is 2.32. The topological polar surface area (TPSA) is 50.4 Å². The third-order valence-corrected chi connectivity index (χ3v) is 3.50. The number of hydrogen-bond acceptors (Lipinski definition) is 3. The van der Waals surface area contributed by atoms with Gasteiger partial charge in [0, 0.05) is 42.5 Å². The van der Waals surface area contributed by atoms with Crippen LogP contribution in [0.2, 0.25) is 0 Å². The van der Waals surface area contributed by atoms with Crippen LogP contribution in [0.3, 0.4) is 0 Å². The number of rotatable bonds is 6. The van der Waals surface area contributed by atoms with Gasteiger partial charge in [-0.25, -0.2) is 0 Å². The minimum absolute atomic E-state index is 0.0886. The molecule has 0 radical (unpaired) electrons. The molecule has 1 amide bonds. The minimum atomic E-state index is 0.0886. The van der Waals surface area contributed by atoms with Crippen LogP contribution in [0.4, 0.5) is 0 Å². The number of fused-ring (bicyclic) bond motifs is 1. The van der Waals surface area contributed by atoms with Crippen molar-refractivity contribution in [3.8, 4) is 5.75 Å². The maximum Gasteiger partial charge on any atom is 0.221 e. The highest BCUT2D eigenvalue weighted by molar-refractivity contribution is 9.10. The molecule has 1 aliphatic rings. The molecule has 19 heavy (non-hydrogen) atoms. The molecule has 0 fully saturated rings. The van der Waals surface area contributed by atoms with Crippen LogP contribution in [0.25, 0.3) is 0 Å². The lowest BCUT2D eigenvalue weighted by atomic mass is 10.1. The summed E-state index contributed by atoms with van der Waals surface area (Å²) in [5.41, 5.74) is 2.41. The average Bonchev–Trinajstić information content (AvgIpc) is 2.82. The molecule has 1 heterocycles. The molecule has 1 aromatic rings. The summed E-state index contributed by atoms with van der Waals surface area (Å²) >= 11 is 3.52. The van der Waals surface area contributed by atoms with Crippen LogP contribution < -0.4 is 15.4 Å². The van der Waals surface area contributed by atoms with Gasteiger partial charge in [-0.1, -0.05) is 15.9 Å². The Labute approximate surface area is 122 Å². The van der Waals surface area contributed by atoms with Gasteiger partial charge in [0.05, 0.1) is 6.61 Å². The van der Waals surface area contributed by atoms with Crippen molar-refractivity contribution in [1.29, 1.82) is 0 Å². The molecular formula is C14H19BrN2O2. The number of carbonyl (C=O) groups excluding carboxylic acids is 1. The van der Waals surface area contributed by atoms with Gasteiger partial charge in [-0.2, -0.15) is 0 Å². The molecule has 1 aliphatic heterocycles. The van der Waals surface area contributed by atoms with Crippen LogP contribution in [0.1, 0.15) is 24.5 Å². The van der Waals surface area contributed by atoms with E-state index in [1.54, 1.807) is 0 Å². The van der Waals surface area contributed by atoms with Crippen LogP contribution in [0.15, 0.2) is 16.6 Å². The first-order valence-electron chi connectivity index (χ1n) is 6.62. The molecule has 0 spiro atoms. The van der Waals surface area contributed by atoms with E-state index in [-0.39, 0.29) is 5.91 Å². The van der Waals surface area contributed by atoms with Crippen molar-refractivity contribution in [2.45, 2.75) is 26.3 Å². The van der Waals surface area contributed by atoms with Gasteiger partial charge in [0.1, 0.15) is 5.75 Å². The Bertz CT molecular complexity index is 463. The highest BCUT2D eigenvalue weighted by Gasteiger charge is 2.17.